The molecule has 12 heavy (non-hydrogen) atoms. The Balaban J connectivity index is 2.80. The molecule has 1 rings (SSSR count). The van der Waals surface area contributed by atoms with Crippen LogP contribution in [0.1, 0.15) is 11.7 Å². The lowest BCUT2D eigenvalue weighted by Crippen LogP contribution is -2.08. The lowest BCUT2D eigenvalue weighted by Gasteiger charge is -2.10. The summed E-state index contributed by atoms with van der Waals surface area (Å²) in [6, 6.07) is 11.2. The Labute approximate surface area is 85.0 Å². The Morgan fingerprint density at radius 1 is 1.33 bits per heavy atom. The zero-order valence-electron chi connectivity index (χ0n) is 6.31. The molecular formula is C9H8INO. The minimum atomic E-state index is -0.684. The van der Waals surface area contributed by atoms with Gasteiger partial charge in [0.1, 0.15) is 10.0 Å². The summed E-state index contributed by atoms with van der Waals surface area (Å²) in [4.78, 5) is 0. The van der Waals surface area contributed by atoms with Crippen molar-refractivity contribution in [1.29, 1.82) is 5.26 Å². The molecule has 0 amide bonds. The van der Waals surface area contributed by atoms with Crippen molar-refractivity contribution < 1.29 is 5.11 Å². The van der Waals surface area contributed by atoms with Crippen molar-refractivity contribution in [3.05, 3.63) is 35.9 Å². The number of aliphatic hydroxyl groups excluding tert-OH is 1. The highest BCUT2D eigenvalue weighted by atomic mass is 127. The Bertz CT molecular complexity index is 280. The molecule has 0 aromatic heterocycles. The molecule has 1 N–H and O–H groups in total. The molecule has 0 spiro atoms. The monoisotopic (exact) mass is 273 g/mol. The molecule has 0 aliphatic heterocycles. The molecule has 62 valence electrons. The first kappa shape index (κ1) is 9.49. The van der Waals surface area contributed by atoms with Crippen LogP contribution in [0, 0.1) is 11.3 Å². The molecule has 0 saturated carbocycles. The number of hydrogen-bond donors (Lipinski definition) is 1. The van der Waals surface area contributed by atoms with E-state index in [4.69, 9.17) is 5.26 Å². The molecule has 0 saturated heterocycles. The van der Waals surface area contributed by atoms with Gasteiger partial charge in [-0.05, 0) is 5.56 Å². The van der Waals surface area contributed by atoms with Crippen LogP contribution in [0.2, 0.25) is 0 Å². The van der Waals surface area contributed by atoms with Crippen molar-refractivity contribution in [3.8, 4) is 6.07 Å². The van der Waals surface area contributed by atoms with Crippen LogP contribution in [0.5, 0.6) is 0 Å². The first-order valence-electron chi connectivity index (χ1n) is 3.52. The second kappa shape index (κ2) is 4.43. The zero-order valence-corrected chi connectivity index (χ0v) is 8.47. The number of nitriles is 1. The van der Waals surface area contributed by atoms with Crippen molar-refractivity contribution in [2.45, 2.75) is 10.0 Å². The van der Waals surface area contributed by atoms with Crippen LogP contribution < -0.4 is 0 Å². The van der Waals surface area contributed by atoms with E-state index in [-0.39, 0.29) is 3.92 Å². The molecule has 0 aliphatic carbocycles. The van der Waals surface area contributed by atoms with Crippen molar-refractivity contribution in [1.82, 2.24) is 0 Å². The highest BCUT2D eigenvalue weighted by Crippen LogP contribution is 2.21. The van der Waals surface area contributed by atoms with Crippen molar-refractivity contribution in [2.24, 2.45) is 0 Å². The van der Waals surface area contributed by atoms with Crippen LogP contribution in [-0.4, -0.2) is 9.03 Å². The van der Waals surface area contributed by atoms with Gasteiger partial charge in [-0.1, -0.05) is 52.9 Å². The average Bonchev–Trinajstić information content (AvgIpc) is 2.17. The lowest BCUT2D eigenvalue weighted by molar-refractivity contribution is 0.192. The van der Waals surface area contributed by atoms with E-state index in [0.29, 0.717) is 0 Å². The van der Waals surface area contributed by atoms with Gasteiger partial charge >= 0.3 is 0 Å². The van der Waals surface area contributed by atoms with Crippen molar-refractivity contribution in [2.75, 3.05) is 0 Å². The molecular weight excluding hydrogens is 265 g/mol. The minimum Gasteiger partial charge on any atom is -0.386 e. The van der Waals surface area contributed by atoms with Gasteiger partial charge in [0.25, 0.3) is 0 Å². The maximum Gasteiger partial charge on any atom is 0.128 e. The predicted molar refractivity (Wildman–Crippen MR) is 54.8 cm³/mol. The number of benzene rings is 1. The second-order valence-corrected chi connectivity index (χ2v) is 3.73. The van der Waals surface area contributed by atoms with E-state index in [1.54, 1.807) is 0 Å². The van der Waals surface area contributed by atoms with Gasteiger partial charge in [0.15, 0.2) is 0 Å². The smallest absolute Gasteiger partial charge is 0.128 e. The Hall–Kier alpha value is -0.600. The van der Waals surface area contributed by atoms with Gasteiger partial charge in [-0.3, -0.25) is 0 Å². The van der Waals surface area contributed by atoms with Gasteiger partial charge in [0.2, 0.25) is 0 Å². The number of rotatable bonds is 2. The van der Waals surface area contributed by atoms with Gasteiger partial charge in [0, 0.05) is 0 Å². The van der Waals surface area contributed by atoms with Crippen LogP contribution in [0.15, 0.2) is 30.3 Å². The normalized spacial score (nSPS) is 14.8. The van der Waals surface area contributed by atoms with Crippen LogP contribution >= 0.6 is 22.6 Å². The van der Waals surface area contributed by atoms with E-state index >= 15 is 0 Å². The quantitative estimate of drug-likeness (QED) is 0.662. The van der Waals surface area contributed by atoms with Crippen LogP contribution in [-0.2, 0) is 0 Å². The van der Waals surface area contributed by atoms with E-state index < -0.39 is 6.10 Å². The highest BCUT2D eigenvalue weighted by molar-refractivity contribution is 14.1. The van der Waals surface area contributed by atoms with Gasteiger partial charge in [-0.2, -0.15) is 5.26 Å². The number of nitrogens with zero attached hydrogens (tertiary/aromatic N) is 1. The summed E-state index contributed by atoms with van der Waals surface area (Å²) in [5.74, 6) is 0. The van der Waals surface area contributed by atoms with Gasteiger partial charge < -0.3 is 5.11 Å². The summed E-state index contributed by atoms with van der Waals surface area (Å²) in [7, 11) is 0. The first-order chi connectivity index (χ1) is 5.75. The van der Waals surface area contributed by atoms with E-state index in [1.165, 1.54) is 0 Å². The van der Waals surface area contributed by atoms with Gasteiger partial charge in [0.05, 0.1) is 6.07 Å². The maximum atomic E-state index is 9.56. The number of halogens is 1. The predicted octanol–water partition coefficient (Wildman–Crippen LogP) is 2.05. The highest BCUT2D eigenvalue weighted by Gasteiger charge is 2.16. The molecule has 0 fully saturated rings. The first-order valence-corrected chi connectivity index (χ1v) is 4.77. The van der Waals surface area contributed by atoms with Gasteiger partial charge in [-0.25, -0.2) is 0 Å². The summed E-state index contributed by atoms with van der Waals surface area (Å²) in [6.45, 7) is 0. The third-order valence-corrected chi connectivity index (χ3v) is 2.50. The summed E-state index contributed by atoms with van der Waals surface area (Å²) >= 11 is 1.92. The largest absolute Gasteiger partial charge is 0.386 e. The number of hydrogen-bond acceptors (Lipinski definition) is 2. The van der Waals surface area contributed by atoms with E-state index in [0.717, 1.165) is 5.56 Å². The maximum absolute atomic E-state index is 9.56. The molecule has 1 aromatic carbocycles. The zero-order chi connectivity index (χ0) is 8.97. The van der Waals surface area contributed by atoms with Gasteiger partial charge in [-0.15, -0.1) is 0 Å². The third kappa shape index (κ3) is 2.19. The molecule has 0 aliphatic rings. The molecule has 3 heteroatoms. The second-order valence-electron chi connectivity index (χ2n) is 2.39. The molecule has 0 unspecified atom stereocenters. The molecule has 0 heterocycles. The topological polar surface area (TPSA) is 44.0 Å². The van der Waals surface area contributed by atoms with Crippen molar-refractivity contribution >= 4 is 22.6 Å². The summed E-state index contributed by atoms with van der Waals surface area (Å²) in [6.07, 6.45) is -0.684. The average molecular weight is 273 g/mol. The Morgan fingerprint density at radius 2 is 1.92 bits per heavy atom. The van der Waals surface area contributed by atoms with Crippen molar-refractivity contribution in [3.63, 3.8) is 0 Å². The molecule has 0 radical (unpaired) electrons. The fourth-order valence-corrected chi connectivity index (χ4v) is 1.30. The SMILES string of the molecule is N#C[C@@H](I)[C@@H](O)c1ccccc1. The van der Waals surface area contributed by atoms with Crippen LogP contribution in [0.25, 0.3) is 0 Å². The fourth-order valence-electron chi connectivity index (χ4n) is 0.890. The van der Waals surface area contributed by atoms with E-state index in [9.17, 15) is 5.11 Å². The third-order valence-electron chi connectivity index (χ3n) is 1.54. The molecule has 1 aromatic rings. The van der Waals surface area contributed by atoms with E-state index in [1.807, 2.05) is 59.0 Å². The van der Waals surface area contributed by atoms with Crippen LogP contribution in [0.4, 0.5) is 0 Å². The summed E-state index contributed by atoms with van der Waals surface area (Å²) in [5.41, 5.74) is 0.790. The fraction of sp³-hybridized carbons (Fsp3) is 0.222. The number of aliphatic hydroxyl groups is 1. The van der Waals surface area contributed by atoms with E-state index in [2.05, 4.69) is 0 Å². The molecule has 2 nitrogen and oxygen atoms in total. The standard InChI is InChI=1S/C9H8INO/c10-8(6-11)9(12)7-4-2-1-3-5-7/h1-5,8-9,12H/t8-,9+/m1/s1. The molecule has 0 bridgehead atoms. The lowest BCUT2D eigenvalue weighted by atomic mass is 10.1. The number of alkyl halides is 1. The summed E-state index contributed by atoms with van der Waals surface area (Å²) < 4.78 is -0.384. The molecule has 2 atom stereocenters. The Kier molecular flexibility index (Phi) is 3.50. The van der Waals surface area contributed by atoms with Crippen LogP contribution in [0.3, 0.4) is 0 Å². The minimum absolute atomic E-state index is 0.384. The Morgan fingerprint density at radius 3 is 2.42 bits per heavy atom. The summed E-state index contributed by atoms with van der Waals surface area (Å²) in [5, 5.41) is 18.1.